The number of carbonyl (C=O) groups is 2. The van der Waals surface area contributed by atoms with E-state index in [1.54, 1.807) is 0 Å². The molecule has 1 heterocycles. The summed E-state index contributed by atoms with van der Waals surface area (Å²) in [5.74, 6) is 0.422. The highest BCUT2D eigenvalue weighted by molar-refractivity contribution is 5.88. The second-order valence-electron chi connectivity index (χ2n) is 6.17. The first-order chi connectivity index (χ1) is 8.63. The van der Waals surface area contributed by atoms with Crippen LogP contribution in [-0.4, -0.2) is 35.8 Å². The smallest absolute Gasteiger partial charge is 0.228 e. The molecule has 3 rings (SSSR count). The molecule has 1 saturated heterocycles. The van der Waals surface area contributed by atoms with Gasteiger partial charge in [0.1, 0.15) is 0 Å². The fraction of sp³-hybridized carbons (Fsp3) is 0.857. The lowest BCUT2D eigenvalue weighted by molar-refractivity contribution is -0.153. The largest absolute Gasteiger partial charge is 0.353 e. The molecule has 0 aromatic heterocycles. The van der Waals surface area contributed by atoms with Crippen molar-refractivity contribution in [3.63, 3.8) is 0 Å². The summed E-state index contributed by atoms with van der Waals surface area (Å²) < 4.78 is 0. The standard InChI is InChI=1S/C14H22N2O2/c1-16-11-4-2-3-8-14(11,9-7-12(16)17)13(18)15-10-5-6-10/h10-11H,2-9H2,1H3,(H,15,18)/t11-,14-/m1/s1. The molecule has 0 radical (unpaired) electrons. The first kappa shape index (κ1) is 12.0. The summed E-state index contributed by atoms with van der Waals surface area (Å²) in [5, 5.41) is 3.17. The highest BCUT2D eigenvalue weighted by atomic mass is 16.2. The summed E-state index contributed by atoms with van der Waals surface area (Å²) in [6.45, 7) is 0. The number of piperidine rings is 1. The van der Waals surface area contributed by atoms with Gasteiger partial charge in [0.05, 0.1) is 5.41 Å². The fourth-order valence-corrected chi connectivity index (χ4v) is 3.69. The molecule has 1 aliphatic heterocycles. The maximum Gasteiger partial charge on any atom is 0.228 e. The van der Waals surface area contributed by atoms with E-state index < -0.39 is 0 Å². The van der Waals surface area contributed by atoms with Gasteiger partial charge in [-0.05, 0) is 32.1 Å². The van der Waals surface area contributed by atoms with Gasteiger partial charge in [-0.3, -0.25) is 9.59 Å². The van der Waals surface area contributed by atoms with Crippen LogP contribution in [0.15, 0.2) is 0 Å². The van der Waals surface area contributed by atoms with Crippen LogP contribution in [0.5, 0.6) is 0 Å². The maximum atomic E-state index is 12.6. The van der Waals surface area contributed by atoms with Crippen LogP contribution in [0.2, 0.25) is 0 Å². The van der Waals surface area contributed by atoms with E-state index in [1.807, 2.05) is 11.9 Å². The number of hydrogen-bond acceptors (Lipinski definition) is 2. The molecule has 4 nitrogen and oxygen atoms in total. The van der Waals surface area contributed by atoms with Crippen LogP contribution in [0.3, 0.4) is 0 Å². The average molecular weight is 250 g/mol. The molecule has 0 aromatic rings. The van der Waals surface area contributed by atoms with E-state index in [4.69, 9.17) is 0 Å². The fourth-order valence-electron chi connectivity index (χ4n) is 3.69. The number of nitrogens with one attached hydrogen (secondary N) is 1. The van der Waals surface area contributed by atoms with E-state index in [2.05, 4.69) is 5.32 Å². The third-order valence-electron chi connectivity index (χ3n) is 5.00. The summed E-state index contributed by atoms with van der Waals surface area (Å²) in [5.41, 5.74) is -0.288. The lowest BCUT2D eigenvalue weighted by atomic mass is 9.64. The van der Waals surface area contributed by atoms with Crippen LogP contribution in [0.25, 0.3) is 0 Å². The molecule has 0 unspecified atom stereocenters. The van der Waals surface area contributed by atoms with E-state index in [9.17, 15) is 9.59 Å². The molecule has 2 saturated carbocycles. The first-order valence-electron chi connectivity index (χ1n) is 7.20. The Kier molecular flexibility index (Phi) is 2.83. The zero-order valence-electron chi connectivity index (χ0n) is 11.1. The number of carbonyl (C=O) groups excluding carboxylic acids is 2. The summed E-state index contributed by atoms with van der Waals surface area (Å²) >= 11 is 0. The minimum atomic E-state index is -0.288. The van der Waals surface area contributed by atoms with E-state index in [0.717, 1.165) is 44.9 Å². The van der Waals surface area contributed by atoms with Crippen LogP contribution >= 0.6 is 0 Å². The van der Waals surface area contributed by atoms with Gasteiger partial charge in [0.2, 0.25) is 11.8 Å². The second kappa shape index (κ2) is 4.25. The Morgan fingerprint density at radius 2 is 2.06 bits per heavy atom. The predicted octanol–water partition coefficient (Wildman–Crippen LogP) is 1.45. The third-order valence-corrected chi connectivity index (χ3v) is 5.00. The average Bonchev–Trinajstić information content (AvgIpc) is 3.18. The monoisotopic (exact) mass is 250 g/mol. The molecule has 2 amide bonds. The van der Waals surface area contributed by atoms with Crippen LogP contribution in [-0.2, 0) is 9.59 Å². The van der Waals surface area contributed by atoms with Crippen LogP contribution in [0, 0.1) is 5.41 Å². The molecule has 2 aliphatic carbocycles. The molecule has 0 bridgehead atoms. The zero-order chi connectivity index (χ0) is 12.8. The van der Waals surface area contributed by atoms with E-state index in [0.29, 0.717) is 12.5 Å². The maximum absolute atomic E-state index is 12.6. The summed E-state index contributed by atoms with van der Waals surface area (Å²) in [7, 11) is 1.87. The number of fused-ring (bicyclic) bond motifs is 1. The Balaban J connectivity index is 1.84. The molecule has 0 spiro atoms. The van der Waals surface area contributed by atoms with Crippen molar-refractivity contribution in [2.75, 3.05) is 7.05 Å². The summed E-state index contributed by atoms with van der Waals surface area (Å²) in [6.07, 6.45) is 7.73. The van der Waals surface area contributed by atoms with Crippen LogP contribution < -0.4 is 5.32 Å². The van der Waals surface area contributed by atoms with E-state index >= 15 is 0 Å². The van der Waals surface area contributed by atoms with Gasteiger partial charge in [-0.15, -0.1) is 0 Å². The van der Waals surface area contributed by atoms with Gasteiger partial charge >= 0.3 is 0 Å². The van der Waals surface area contributed by atoms with Gasteiger partial charge in [-0.2, -0.15) is 0 Å². The predicted molar refractivity (Wildman–Crippen MR) is 67.9 cm³/mol. The minimum Gasteiger partial charge on any atom is -0.353 e. The summed E-state index contributed by atoms with van der Waals surface area (Å²) in [6, 6.07) is 0.545. The first-order valence-corrected chi connectivity index (χ1v) is 7.20. The van der Waals surface area contributed by atoms with Gasteiger partial charge < -0.3 is 10.2 Å². The number of rotatable bonds is 2. The molecule has 18 heavy (non-hydrogen) atoms. The van der Waals surface area contributed by atoms with Gasteiger partial charge in [0, 0.05) is 25.6 Å². The van der Waals surface area contributed by atoms with Crippen molar-refractivity contribution in [3.8, 4) is 0 Å². The second-order valence-corrected chi connectivity index (χ2v) is 6.17. The lowest BCUT2D eigenvalue weighted by Gasteiger charge is -2.50. The van der Waals surface area contributed by atoms with Gasteiger partial charge in [-0.1, -0.05) is 12.8 Å². The van der Waals surface area contributed by atoms with Crippen molar-refractivity contribution in [2.24, 2.45) is 5.41 Å². The highest BCUT2D eigenvalue weighted by Crippen LogP contribution is 2.46. The molecular formula is C14H22N2O2. The van der Waals surface area contributed by atoms with Crippen molar-refractivity contribution in [3.05, 3.63) is 0 Å². The zero-order valence-corrected chi connectivity index (χ0v) is 11.1. The van der Waals surface area contributed by atoms with Crippen molar-refractivity contribution in [1.82, 2.24) is 10.2 Å². The Hall–Kier alpha value is -1.06. The Bertz CT molecular complexity index is 378. The van der Waals surface area contributed by atoms with Crippen molar-refractivity contribution >= 4 is 11.8 Å². The van der Waals surface area contributed by atoms with Crippen LogP contribution in [0.1, 0.15) is 51.4 Å². The molecule has 3 aliphatic rings. The number of amides is 2. The Morgan fingerprint density at radius 1 is 1.28 bits per heavy atom. The molecule has 0 aromatic carbocycles. The van der Waals surface area contributed by atoms with E-state index in [1.165, 1.54) is 0 Å². The molecule has 4 heteroatoms. The SMILES string of the molecule is CN1C(=O)CC[C@]2(C(=O)NC3CC3)CCCC[C@@H]12. The number of nitrogens with zero attached hydrogens (tertiary/aromatic N) is 1. The van der Waals surface area contributed by atoms with Crippen LogP contribution in [0.4, 0.5) is 0 Å². The van der Waals surface area contributed by atoms with Crippen molar-refractivity contribution in [1.29, 1.82) is 0 Å². The topological polar surface area (TPSA) is 49.4 Å². The van der Waals surface area contributed by atoms with Crippen molar-refractivity contribution in [2.45, 2.75) is 63.5 Å². The lowest BCUT2D eigenvalue weighted by Crippen LogP contribution is -2.60. The number of likely N-dealkylation sites (tertiary alicyclic amines) is 1. The number of hydrogen-bond donors (Lipinski definition) is 1. The molecule has 1 N–H and O–H groups in total. The van der Waals surface area contributed by atoms with Gasteiger partial charge in [0.25, 0.3) is 0 Å². The molecular weight excluding hydrogens is 228 g/mol. The van der Waals surface area contributed by atoms with Gasteiger partial charge in [-0.25, -0.2) is 0 Å². The highest BCUT2D eigenvalue weighted by Gasteiger charge is 2.52. The summed E-state index contributed by atoms with van der Waals surface area (Å²) in [4.78, 5) is 26.3. The normalized spacial score (nSPS) is 36.2. The Morgan fingerprint density at radius 3 is 2.78 bits per heavy atom. The molecule has 100 valence electrons. The van der Waals surface area contributed by atoms with Gasteiger partial charge in [0.15, 0.2) is 0 Å². The molecule has 3 fully saturated rings. The van der Waals surface area contributed by atoms with E-state index in [-0.39, 0.29) is 23.3 Å². The minimum absolute atomic E-state index is 0.131. The third kappa shape index (κ3) is 1.82. The quantitative estimate of drug-likeness (QED) is 0.806. The Labute approximate surface area is 108 Å². The molecule has 2 atom stereocenters. The van der Waals surface area contributed by atoms with Crippen molar-refractivity contribution < 1.29 is 9.59 Å².